The highest BCUT2D eigenvalue weighted by Crippen LogP contribution is 2.25. The molecule has 1 unspecified atom stereocenters. The lowest BCUT2D eigenvalue weighted by molar-refractivity contribution is 0.501. The largest absolute Gasteiger partial charge is 0.467 e. The Kier molecular flexibility index (Phi) is 5.81. The molecule has 4 nitrogen and oxygen atoms in total. The molecule has 2 heterocycles. The van der Waals surface area contributed by atoms with Gasteiger partial charge < -0.3 is 14.6 Å². The summed E-state index contributed by atoms with van der Waals surface area (Å²) in [6.45, 7) is 9.17. The molecule has 0 fully saturated rings. The molecule has 0 amide bonds. The van der Waals surface area contributed by atoms with Crippen molar-refractivity contribution in [2.45, 2.75) is 39.8 Å². The van der Waals surface area contributed by atoms with Crippen LogP contribution < -0.4 is 10.2 Å². The fourth-order valence-corrected chi connectivity index (χ4v) is 2.41. The molecule has 1 atom stereocenters. The van der Waals surface area contributed by atoms with Gasteiger partial charge in [0.05, 0.1) is 12.8 Å². The fourth-order valence-electron chi connectivity index (χ4n) is 2.41. The van der Waals surface area contributed by atoms with E-state index in [4.69, 9.17) is 4.42 Å². The first-order valence-electron chi connectivity index (χ1n) is 7.71. The van der Waals surface area contributed by atoms with Crippen LogP contribution in [0.2, 0.25) is 0 Å². The summed E-state index contributed by atoms with van der Waals surface area (Å²) in [6.07, 6.45) is 4.70. The smallest absolute Gasteiger partial charge is 0.133 e. The molecule has 1 N–H and O–H groups in total. The number of nitrogens with zero attached hydrogens (tertiary/aromatic N) is 2. The van der Waals surface area contributed by atoms with E-state index in [1.807, 2.05) is 24.4 Å². The van der Waals surface area contributed by atoms with E-state index in [1.165, 1.54) is 5.56 Å². The number of pyridine rings is 1. The Morgan fingerprint density at radius 3 is 2.81 bits per heavy atom. The minimum Gasteiger partial charge on any atom is -0.467 e. The molecule has 0 aliphatic heterocycles. The first kappa shape index (κ1) is 15.6. The molecule has 0 radical (unpaired) electrons. The van der Waals surface area contributed by atoms with Crippen LogP contribution in [0, 0.1) is 0 Å². The maximum Gasteiger partial charge on any atom is 0.133 e. The Bertz CT molecular complexity index is 525. The van der Waals surface area contributed by atoms with Crippen LogP contribution in [0.3, 0.4) is 0 Å². The summed E-state index contributed by atoms with van der Waals surface area (Å²) in [7, 11) is 0. The summed E-state index contributed by atoms with van der Waals surface area (Å²) in [5.74, 6) is 2.00. The lowest BCUT2D eigenvalue weighted by atomic mass is 10.1. The second-order valence-electron chi connectivity index (χ2n) is 5.19. The third-order valence-electron chi connectivity index (χ3n) is 3.59. The standard InChI is InChI=1S/C17H25N3O/c1-4-10-18-14(3)16-9-6-11-19-17(16)20(5-2)13-15-8-7-12-21-15/h6-9,11-12,14,18H,4-5,10,13H2,1-3H3. The molecule has 0 aliphatic carbocycles. The number of furan rings is 1. The van der Waals surface area contributed by atoms with Crippen LogP contribution in [0.15, 0.2) is 41.1 Å². The first-order valence-corrected chi connectivity index (χ1v) is 7.71. The summed E-state index contributed by atoms with van der Waals surface area (Å²) in [5, 5.41) is 3.54. The van der Waals surface area contributed by atoms with Gasteiger partial charge in [-0.15, -0.1) is 0 Å². The average molecular weight is 287 g/mol. The van der Waals surface area contributed by atoms with Gasteiger partial charge in [-0.2, -0.15) is 0 Å². The molecule has 2 rings (SSSR count). The average Bonchev–Trinajstić information content (AvgIpc) is 3.03. The van der Waals surface area contributed by atoms with Crippen LogP contribution in [-0.4, -0.2) is 18.1 Å². The molecule has 0 saturated carbocycles. The normalized spacial score (nSPS) is 12.3. The second kappa shape index (κ2) is 7.84. The molecule has 0 saturated heterocycles. The SMILES string of the molecule is CCCNC(C)c1cccnc1N(CC)Cc1ccco1. The molecule has 0 aromatic carbocycles. The van der Waals surface area contributed by atoms with Crippen molar-refractivity contribution in [1.29, 1.82) is 0 Å². The monoisotopic (exact) mass is 287 g/mol. The van der Waals surface area contributed by atoms with Gasteiger partial charge in [-0.05, 0) is 45.0 Å². The van der Waals surface area contributed by atoms with Gasteiger partial charge in [-0.25, -0.2) is 4.98 Å². The van der Waals surface area contributed by atoms with Crippen LogP contribution in [0.25, 0.3) is 0 Å². The van der Waals surface area contributed by atoms with Gasteiger partial charge in [0.2, 0.25) is 0 Å². The van der Waals surface area contributed by atoms with Crippen molar-refractivity contribution in [1.82, 2.24) is 10.3 Å². The minimum atomic E-state index is 0.291. The van der Waals surface area contributed by atoms with Gasteiger partial charge in [0, 0.05) is 24.3 Å². The highest BCUT2D eigenvalue weighted by atomic mass is 16.3. The van der Waals surface area contributed by atoms with E-state index in [-0.39, 0.29) is 0 Å². The van der Waals surface area contributed by atoms with Gasteiger partial charge in [0.15, 0.2) is 0 Å². The second-order valence-corrected chi connectivity index (χ2v) is 5.19. The molecule has 0 bridgehead atoms. The first-order chi connectivity index (χ1) is 10.3. The van der Waals surface area contributed by atoms with E-state index in [0.717, 1.165) is 37.6 Å². The van der Waals surface area contributed by atoms with Crippen molar-refractivity contribution in [3.05, 3.63) is 48.0 Å². The number of hydrogen-bond donors (Lipinski definition) is 1. The van der Waals surface area contributed by atoms with Gasteiger partial charge in [-0.3, -0.25) is 0 Å². The van der Waals surface area contributed by atoms with E-state index < -0.39 is 0 Å². The summed E-state index contributed by atoms with van der Waals surface area (Å²) in [6, 6.07) is 8.38. The predicted octanol–water partition coefficient (Wildman–Crippen LogP) is 3.76. The number of hydrogen-bond acceptors (Lipinski definition) is 4. The number of anilines is 1. The lowest BCUT2D eigenvalue weighted by Crippen LogP contribution is -2.27. The minimum absolute atomic E-state index is 0.291. The molecular formula is C17H25N3O. The Morgan fingerprint density at radius 1 is 1.29 bits per heavy atom. The molecule has 4 heteroatoms. The van der Waals surface area contributed by atoms with E-state index in [1.54, 1.807) is 6.26 Å². The summed E-state index contributed by atoms with van der Waals surface area (Å²) in [4.78, 5) is 6.85. The Morgan fingerprint density at radius 2 is 2.14 bits per heavy atom. The van der Waals surface area contributed by atoms with Crippen molar-refractivity contribution in [2.75, 3.05) is 18.0 Å². The molecule has 21 heavy (non-hydrogen) atoms. The molecule has 2 aromatic heterocycles. The van der Waals surface area contributed by atoms with Gasteiger partial charge >= 0.3 is 0 Å². The highest BCUT2D eigenvalue weighted by molar-refractivity contribution is 5.48. The maximum absolute atomic E-state index is 5.47. The van der Waals surface area contributed by atoms with Crippen LogP contribution in [0.1, 0.15) is 44.6 Å². The number of nitrogens with one attached hydrogen (secondary N) is 1. The van der Waals surface area contributed by atoms with Crippen LogP contribution in [0.4, 0.5) is 5.82 Å². The maximum atomic E-state index is 5.47. The van der Waals surface area contributed by atoms with Gasteiger partial charge in [0.1, 0.15) is 11.6 Å². The Hall–Kier alpha value is -1.81. The van der Waals surface area contributed by atoms with Crippen molar-refractivity contribution >= 4 is 5.82 Å². The Balaban J connectivity index is 2.20. The van der Waals surface area contributed by atoms with E-state index in [9.17, 15) is 0 Å². The lowest BCUT2D eigenvalue weighted by Gasteiger charge is -2.26. The molecular weight excluding hydrogens is 262 g/mol. The van der Waals surface area contributed by atoms with Crippen LogP contribution in [-0.2, 0) is 6.54 Å². The third-order valence-corrected chi connectivity index (χ3v) is 3.59. The molecule has 0 aliphatic rings. The zero-order valence-electron chi connectivity index (χ0n) is 13.2. The number of aromatic nitrogens is 1. The highest BCUT2D eigenvalue weighted by Gasteiger charge is 2.16. The summed E-state index contributed by atoms with van der Waals surface area (Å²) in [5.41, 5.74) is 1.24. The van der Waals surface area contributed by atoms with Crippen LogP contribution in [0.5, 0.6) is 0 Å². The predicted molar refractivity (Wildman–Crippen MR) is 86.4 cm³/mol. The fraction of sp³-hybridized carbons (Fsp3) is 0.471. The van der Waals surface area contributed by atoms with Crippen molar-refractivity contribution in [3.63, 3.8) is 0 Å². The van der Waals surface area contributed by atoms with E-state index >= 15 is 0 Å². The third kappa shape index (κ3) is 4.08. The van der Waals surface area contributed by atoms with Gasteiger partial charge in [-0.1, -0.05) is 13.0 Å². The topological polar surface area (TPSA) is 41.3 Å². The zero-order valence-corrected chi connectivity index (χ0v) is 13.2. The van der Waals surface area contributed by atoms with E-state index in [0.29, 0.717) is 6.04 Å². The van der Waals surface area contributed by atoms with Gasteiger partial charge in [0.25, 0.3) is 0 Å². The summed E-state index contributed by atoms with van der Waals surface area (Å²) < 4.78 is 5.47. The molecule has 0 spiro atoms. The summed E-state index contributed by atoms with van der Waals surface area (Å²) >= 11 is 0. The van der Waals surface area contributed by atoms with Crippen molar-refractivity contribution in [3.8, 4) is 0 Å². The van der Waals surface area contributed by atoms with Crippen molar-refractivity contribution < 1.29 is 4.42 Å². The Labute approximate surface area is 127 Å². The van der Waals surface area contributed by atoms with E-state index in [2.05, 4.69) is 42.0 Å². The number of rotatable bonds is 8. The molecule has 114 valence electrons. The zero-order chi connectivity index (χ0) is 15.1. The van der Waals surface area contributed by atoms with Crippen molar-refractivity contribution in [2.24, 2.45) is 0 Å². The molecule has 2 aromatic rings. The van der Waals surface area contributed by atoms with Crippen LogP contribution >= 0.6 is 0 Å². The quantitative estimate of drug-likeness (QED) is 0.802.